The van der Waals surface area contributed by atoms with Crippen LogP contribution in [0.2, 0.25) is 0 Å². The van der Waals surface area contributed by atoms with Gasteiger partial charge in [-0.05, 0) is 26.3 Å². The zero-order valence-electron chi connectivity index (χ0n) is 11.2. The minimum Gasteiger partial charge on any atom is -0.323 e. The van der Waals surface area contributed by atoms with Crippen LogP contribution in [0.25, 0.3) is 0 Å². The number of nitrogens with two attached hydrogens (primary N) is 1. The summed E-state index contributed by atoms with van der Waals surface area (Å²) >= 11 is 0. The van der Waals surface area contributed by atoms with Crippen LogP contribution in [0, 0.1) is 6.92 Å². The Balaban J connectivity index is 1.91. The first-order chi connectivity index (χ1) is 8.06. The van der Waals surface area contributed by atoms with Gasteiger partial charge >= 0.3 is 0 Å². The number of nitrogens with zero attached hydrogens (tertiary/aromatic N) is 3. The fraction of sp³-hybridized carbons (Fsp3) is 0.769. The van der Waals surface area contributed by atoms with E-state index >= 15 is 0 Å². The maximum absolute atomic E-state index is 6.27. The van der Waals surface area contributed by atoms with Gasteiger partial charge in [-0.3, -0.25) is 9.58 Å². The average molecular weight is 236 g/mol. The third-order valence-electron chi connectivity index (χ3n) is 3.50. The fourth-order valence-electron chi connectivity index (χ4n) is 2.84. The third kappa shape index (κ3) is 2.69. The summed E-state index contributed by atoms with van der Waals surface area (Å²) in [6, 6.07) is 2.18. The molecule has 1 aliphatic heterocycles. The Kier molecular flexibility index (Phi) is 3.54. The second kappa shape index (κ2) is 4.78. The minimum atomic E-state index is 0.0703. The van der Waals surface area contributed by atoms with Gasteiger partial charge in [0.2, 0.25) is 0 Å². The maximum Gasteiger partial charge on any atom is 0.0597 e. The molecule has 2 N–H and O–H groups in total. The zero-order chi connectivity index (χ0) is 12.5. The summed E-state index contributed by atoms with van der Waals surface area (Å²) in [6.45, 7) is 10.4. The molecule has 96 valence electrons. The second-order valence-corrected chi connectivity index (χ2v) is 5.35. The molecule has 0 atom stereocenters. The van der Waals surface area contributed by atoms with Gasteiger partial charge in [-0.2, -0.15) is 5.10 Å². The first-order valence-corrected chi connectivity index (χ1v) is 6.61. The van der Waals surface area contributed by atoms with Gasteiger partial charge in [0.05, 0.1) is 11.4 Å². The van der Waals surface area contributed by atoms with Crippen molar-refractivity contribution in [3.8, 4) is 0 Å². The van der Waals surface area contributed by atoms with Crippen LogP contribution in [0.15, 0.2) is 6.07 Å². The predicted octanol–water partition coefficient (Wildman–Crippen LogP) is 1.52. The SMILES string of the molecule is CCCC1(N)CN(Cc2cc(C)nn2CC)C1. The van der Waals surface area contributed by atoms with Crippen molar-refractivity contribution < 1.29 is 0 Å². The molecule has 0 spiro atoms. The van der Waals surface area contributed by atoms with Gasteiger partial charge in [0.1, 0.15) is 0 Å². The Morgan fingerprint density at radius 1 is 1.41 bits per heavy atom. The second-order valence-electron chi connectivity index (χ2n) is 5.35. The average Bonchev–Trinajstić information content (AvgIpc) is 2.57. The molecule has 0 aliphatic carbocycles. The van der Waals surface area contributed by atoms with Gasteiger partial charge < -0.3 is 5.73 Å². The van der Waals surface area contributed by atoms with E-state index in [9.17, 15) is 0 Å². The number of rotatable bonds is 5. The first kappa shape index (κ1) is 12.6. The lowest BCUT2D eigenvalue weighted by Gasteiger charge is -2.48. The molecule has 0 radical (unpaired) electrons. The van der Waals surface area contributed by atoms with Gasteiger partial charge in [0, 0.05) is 31.7 Å². The molecule has 2 heterocycles. The largest absolute Gasteiger partial charge is 0.323 e. The summed E-state index contributed by atoms with van der Waals surface area (Å²) in [7, 11) is 0. The van der Waals surface area contributed by atoms with Gasteiger partial charge in [-0.1, -0.05) is 13.3 Å². The molecule has 17 heavy (non-hydrogen) atoms. The van der Waals surface area contributed by atoms with E-state index in [1.165, 1.54) is 12.1 Å². The molecule has 1 aromatic rings. The highest BCUT2D eigenvalue weighted by atomic mass is 15.3. The fourth-order valence-corrected chi connectivity index (χ4v) is 2.84. The van der Waals surface area contributed by atoms with Crippen LogP contribution in [0.1, 0.15) is 38.1 Å². The summed E-state index contributed by atoms with van der Waals surface area (Å²) in [6.07, 6.45) is 2.31. The predicted molar refractivity (Wildman–Crippen MR) is 69.7 cm³/mol. The van der Waals surface area contributed by atoms with E-state index in [-0.39, 0.29) is 5.54 Å². The molecule has 0 unspecified atom stereocenters. The monoisotopic (exact) mass is 236 g/mol. The van der Waals surface area contributed by atoms with Crippen LogP contribution in [0.3, 0.4) is 0 Å². The molecule has 0 amide bonds. The van der Waals surface area contributed by atoms with Crippen molar-refractivity contribution >= 4 is 0 Å². The van der Waals surface area contributed by atoms with E-state index in [0.29, 0.717) is 0 Å². The smallest absolute Gasteiger partial charge is 0.0597 e. The lowest BCUT2D eigenvalue weighted by Crippen LogP contribution is -2.66. The van der Waals surface area contributed by atoms with E-state index in [4.69, 9.17) is 5.73 Å². The first-order valence-electron chi connectivity index (χ1n) is 6.61. The van der Waals surface area contributed by atoms with Gasteiger partial charge in [-0.25, -0.2) is 0 Å². The molecule has 1 aliphatic rings. The van der Waals surface area contributed by atoms with Crippen molar-refractivity contribution in [2.75, 3.05) is 13.1 Å². The topological polar surface area (TPSA) is 47.1 Å². The van der Waals surface area contributed by atoms with Crippen molar-refractivity contribution in [1.82, 2.24) is 14.7 Å². The van der Waals surface area contributed by atoms with E-state index in [2.05, 4.69) is 41.5 Å². The highest BCUT2D eigenvalue weighted by molar-refractivity contribution is 5.11. The highest BCUT2D eigenvalue weighted by Gasteiger charge is 2.38. The molecule has 2 rings (SSSR count). The van der Waals surface area contributed by atoms with Crippen molar-refractivity contribution in [1.29, 1.82) is 0 Å². The lowest BCUT2D eigenvalue weighted by molar-refractivity contribution is 0.0543. The Hall–Kier alpha value is -0.870. The van der Waals surface area contributed by atoms with Crippen molar-refractivity contribution in [3.05, 3.63) is 17.5 Å². The molecular formula is C13H24N4. The van der Waals surface area contributed by atoms with Crippen LogP contribution in [-0.2, 0) is 13.1 Å². The quantitative estimate of drug-likeness (QED) is 0.843. The Morgan fingerprint density at radius 2 is 2.12 bits per heavy atom. The normalized spacial score (nSPS) is 19.3. The Labute approximate surface area is 104 Å². The Morgan fingerprint density at radius 3 is 2.71 bits per heavy atom. The molecular weight excluding hydrogens is 212 g/mol. The van der Waals surface area contributed by atoms with E-state index in [1.54, 1.807) is 0 Å². The molecule has 0 bridgehead atoms. The number of aryl methyl sites for hydroxylation is 2. The molecule has 4 heteroatoms. The summed E-state index contributed by atoms with van der Waals surface area (Å²) in [4.78, 5) is 2.41. The van der Waals surface area contributed by atoms with E-state index in [0.717, 1.165) is 38.3 Å². The molecule has 0 aromatic carbocycles. The molecule has 0 saturated carbocycles. The van der Waals surface area contributed by atoms with Crippen LogP contribution >= 0.6 is 0 Å². The molecule has 1 saturated heterocycles. The summed E-state index contributed by atoms with van der Waals surface area (Å²) < 4.78 is 2.09. The zero-order valence-corrected chi connectivity index (χ0v) is 11.2. The maximum atomic E-state index is 6.27. The molecule has 1 aromatic heterocycles. The van der Waals surface area contributed by atoms with E-state index < -0.39 is 0 Å². The van der Waals surface area contributed by atoms with Crippen molar-refractivity contribution in [3.63, 3.8) is 0 Å². The van der Waals surface area contributed by atoms with Crippen LogP contribution in [-0.4, -0.2) is 33.3 Å². The van der Waals surface area contributed by atoms with E-state index in [1.807, 2.05) is 0 Å². The summed E-state index contributed by atoms with van der Waals surface area (Å²) in [5.74, 6) is 0. The summed E-state index contributed by atoms with van der Waals surface area (Å²) in [5, 5.41) is 4.47. The van der Waals surface area contributed by atoms with Crippen molar-refractivity contribution in [2.45, 2.75) is 52.2 Å². The molecule has 4 nitrogen and oxygen atoms in total. The number of likely N-dealkylation sites (tertiary alicyclic amines) is 1. The number of hydrogen-bond donors (Lipinski definition) is 1. The van der Waals surface area contributed by atoms with Gasteiger partial charge in [-0.15, -0.1) is 0 Å². The van der Waals surface area contributed by atoms with Gasteiger partial charge in [0.15, 0.2) is 0 Å². The van der Waals surface area contributed by atoms with Crippen LogP contribution in [0.5, 0.6) is 0 Å². The minimum absolute atomic E-state index is 0.0703. The highest BCUT2D eigenvalue weighted by Crippen LogP contribution is 2.25. The number of aromatic nitrogens is 2. The Bertz CT molecular complexity index is 377. The standard InChI is InChI=1S/C13H24N4/c1-4-6-13(14)9-16(10-13)8-12-7-11(3)15-17(12)5-2/h7H,4-6,8-10,14H2,1-3H3. The third-order valence-corrected chi connectivity index (χ3v) is 3.50. The lowest BCUT2D eigenvalue weighted by atomic mass is 9.86. The van der Waals surface area contributed by atoms with Crippen LogP contribution in [0.4, 0.5) is 0 Å². The summed E-state index contributed by atoms with van der Waals surface area (Å²) in [5.41, 5.74) is 8.75. The molecule has 1 fully saturated rings. The van der Waals surface area contributed by atoms with Crippen LogP contribution < -0.4 is 5.73 Å². The number of hydrogen-bond acceptors (Lipinski definition) is 3. The van der Waals surface area contributed by atoms with Crippen molar-refractivity contribution in [2.24, 2.45) is 5.73 Å². The van der Waals surface area contributed by atoms with Gasteiger partial charge in [0.25, 0.3) is 0 Å².